The van der Waals surface area contributed by atoms with Crippen molar-refractivity contribution in [3.05, 3.63) is 18.2 Å². The molecule has 0 saturated heterocycles. The van der Waals surface area contributed by atoms with Gasteiger partial charge in [0.25, 0.3) is 0 Å². The number of sulfonamides is 1. The van der Waals surface area contributed by atoms with Gasteiger partial charge in [-0.2, -0.15) is 4.72 Å². The molecule has 116 valence electrons. The van der Waals surface area contributed by atoms with Gasteiger partial charge in [0.15, 0.2) is 0 Å². The fraction of sp³-hybridized carbons (Fsp3) is 0.462. The number of nitrogen functional groups attached to an aromatic ring is 1. The van der Waals surface area contributed by atoms with Crippen LogP contribution in [0.2, 0.25) is 0 Å². The van der Waals surface area contributed by atoms with Crippen molar-refractivity contribution in [3.63, 3.8) is 0 Å². The van der Waals surface area contributed by atoms with Gasteiger partial charge in [-0.1, -0.05) is 0 Å². The van der Waals surface area contributed by atoms with Crippen LogP contribution in [0, 0.1) is 0 Å². The van der Waals surface area contributed by atoms with Gasteiger partial charge in [-0.05, 0) is 38.0 Å². The quantitative estimate of drug-likeness (QED) is 0.651. The summed E-state index contributed by atoms with van der Waals surface area (Å²) in [4.78, 5) is 11.8. The molecule has 1 aliphatic carbocycles. The third-order valence-electron chi connectivity index (χ3n) is 3.16. The Morgan fingerprint density at radius 1 is 1.43 bits per heavy atom. The van der Waals surface area contributed by atoms with Crippen molar-refractivity contribution >= 4 is 21.6 Å². The average molecular weight is 313 g/mol. The second kappa shape index (κ2) is 5.90. The lowest BCUT2D eigenvalue weighted by Crippen LogP contribution is -2.45. The summed E-state index contributed by atoms with van der Waals surface area (Å²) in [5, 5.41) is 2.75. The third-order valence-corrected chi connectivity index (χ3v) is 4.70. The number of anilines is 1. The molecule has 8 heteroatoms. The van der Waals surface area contributed by atoms with Crippen LogP contribution in [0.3, 0.4) is 0 Å². The second-order valence-corrected chi connectivity index (χ2v) is 6.74. The molecular weight excluding hydrogens is 294 g/mol. The van der Waals surface area contributed by atoms with Crippen LogP contribution in [0.5, 0.6) is 5.75 Å². The number of nitrogens with one attached hydrogen (secondary N) is 2. The van der Waals surface area contributed by atoms with E-state index in [2.05, 4.69) is 10.0 Å². The summed E-state index contributed by atoms with van der Waals surface area (Å²) >= 11 is 0. The molecule has 0 radical (unpaired) electrons. The maximum absolute atomic E-state index is 12.2. The van der Waals surface area contributed by atoms with Crippen molar-refractivity contribution < 1.29 is 17.9 Å². The second-order valence-electron chi connectivity index (χ2n) is 5.03. The minimum absolute atomic E-state index is 0.00753. The first-order valence-corrected chi connectivity index (χ1v) is 8.08. The molecule has 4 N–H and O–H groups in total. The highest BCUT2D eigenvalue weighted by Gasteiger charge is 2.28. The minimum Gasteiger partial charge on any atom is -0.495 e. The van der Waals surface area contributed by atoms with Crippen molar-refractivity contribution in [3.8, 4) is 5.75 Å². The van der Waals surface area contributed by atoms with Crippen LogP contribution in [-0.4, -0.2) is 33.5 Å². The van der Waals surface area contributed by atoms with Crippen molar-refractivity contribution in [1.82, 2.24) is 10.0 Å². The molecule has 1 aliphatic rings. The number of ether oxygens (including phenoxy) is 1. The summed E-state index contributed by atoms with van der Waals surface area (Å²) in [5.41, 5.74) is 5.91. The SMILES string of the molecule is COc1ccc(S(=O)(=O)NC(C)C(=O)NC2CC2)cc1N. The summed E-state index contributed by atoms with van der Waals surface area (Å²) in [6.07, 6.45) is 1.89. The summed E-state index contributed by atoms with van der Waals surface area (Å²) in [6.45, 7) is 1.50. The van der Waals surface area contributed by atoms with E-state index in [9.17, 15) is 13.2 Å². The van der Waals surface area contributed by atoms with Crippen LogP contribution in [-0.2, 0) is 14.8 Å². The molecule has 0 aliphatic heterocycles. The van der Waals surface area contributed by atoms with E-state index in [-0.39, 0.29) is 22.5 Å². The Bertz CT molecular complexity index is 641. The molecule has 1 amide bonds. The molecular formula is C13H19N3O4S. The van der Waals surface area contributed by atoms with E-state index < -0.39 is 16.1 Å². The number of rotatable bonds is 6. The van der Waals surface area contributed by atoms with Gasteiger partial charge in [0.2, 0.25) is 15.9 Å². The molecule has 1 aromatic carbocycles. The lowest BCUT2D eigenvalue weighted by atomic mass is 10.3. The Balaban J connectivity index is 2.09. The molecule has 2 rings (SSSR count). The predicted molar refractivity (Wildman–Crippen MR) is 78.4 cm³/mol. The molecule has 0 aromatic heterocycles. The van der Waals surface area contributed by atoms with Crippen LogP contribution in [0.4, 0.5) is 5.69 Å². The third kappa shape index (κ3) is 3.85. The first-order chi connectivity index (χ1) is 9.83. The molecule has 7 nitrogen and oxygen atoms in total. The summed E-state index contributed by atoms with van der Waals surface area (Å²) < 4.78 is 31.7. The zero-order valence-corrected chi connectivity index (χ0v) is 12.7. The van der Waals surface area contributed by atoms with E-state index in [1.807, 2.05) is 0 Å². The van der Waals surface area contributed by atoms with Gasteiger partial charge in [-0.15, -0.1) is 0 Å². The molecule has 1 unspecified atom stereocenters. The lowest BCUT2D eigenvalue weighted by molar-refractivity contribution is -0.122. The Labute approximate surface area is 123 Å². The van der Waals surface area contributed by atoms with Crippen LogP contribution in [0.15, 0.2) is 23.1 Å². The molecule has 1 aromatic rings. The molecule has 0 bridgehead atoms. The van der Waals surface area contributed by atoms with Crippen molar-refractivity contribution in [2.24, 2.45) is 0 Å². The van der Waals surface area contributed by atoms with Gasteiger partial charge in [-0.3, -0.25) is 4.79 Å². The fourth-order valence-corrected chi connectivity index (χ4v) is 3.03. The van der Waals surface area contributed by atoms with Crippen LogP contribution < -0.4 is 20.5 Å². The normalized spacial score (nSPS) is 16.3. The topological polar surface area (TPSA) is 111 Å². The highest BCUT2D eigenvalue weighted by Crippen LogP contribution is 2.24. The monoisotopic (exact) mass is 313 g/mol. The van der Waals surface area contributed by atoms with Gasteiger partial charge < -0.3 is 15.8 Å². The average Bonchev–Trinajstić information content (AvgIpc) is 3.22. The van der Waals surface area contributed by atoms with Crippen molar-refractivity contribution in [2.75, 3.05) is 12.8 Å². The Kier molecular flexibility index (Phi) is 4.38. The minimum atomic E-state index is -3.81. The number of hydrogen-bond donors (Lipinski definition) is 3. The van der Waals surface area contributed by atoms with Crippen LogP contribution in [0.1, 0.15) is 19.8 Å². The molecule has 0 heterocycles. The van der Waals surface area contributed by atoms with Crippen molar-refractivity contribution in [2.45, 2.75) is 36.7 Å². The summed E-state index contributed by atoms with van der Waals surface area (Å²) in [6, 6.07) is 3.48. The smallest absolute Gasteiger partial charge is 0.241 e. The lowest BCUT2D eigenvalue weighted by Gasteiger charge is -2.15. The number of hydrogen-bond acceptors (Lipinski definition) is 5. The van der Waals surface area contributed by atoms with Gasteiger partial charge in [0.1, 0.15) is 5.75 Å². The highest BCUT2D eigenvalue weighted by atomic mass is 32.2. The summed E-state index contributed by atoms with van der Waals surface area (Å²) in [5.74, 6) is 0.0658. The maximum Gasteiger partial charge on any atom is 0.241 e. The number of methoxy groups -OCH3 is 1. The van der Waals surface area contributed by atoms with E-state index in [1.165, 1.54) is 32.2 Å². The number of nitrogens with two attached hydrogens (primary N) is 1. The molecule has 1 saturated carbocycles. The van der Waals surface area contributed by atoms with Crippen molar-refractivity contribution in [1.29, 1.82) is 0 Å². The Morgan fingerprint density at radius 2 is 2.10 bits per heavy atom. The Morgan fingerprint density at radius 3 is 2.62 bits per heavy atom. The van der Waals surface area contributed by atoms with E-state index in [4.69, 9.17) is 10.5 Å². The first-order valence-electron chi connectivity index (χ1n) is 6.59. The summed E-state index contributed by atoms with van der Waals surface area (Å²) in [7, 11) is -2.37. The van der Waals surface area contributed by atoms with E-state index in [1.54, 1.807) is 0 Å². The first kappa shape index (κ1) is 15.6. The van der Waals surface area contributed by atoms with Gasteiger partial charge in [-0.25, -0.2) is 8.42 Å². The molecule has 1 atom stereocenters. The molecule has 21 heavy (non-hydrogen) atoms. The van der Waals surface area contributed by atoms with E-state index in [0.29, 0.717) is 5.75 Å². The number of carbonyl (C=O) groups is 1. The largest absolute Gasteiger partial charge is 0.495 e. The zero-order chi connectivity index (χ0) is 15.6. The zero-order valence-electron chi connectivity index (χ0n) is 11.9. The molecule has 0 spiro atoms. The maximum atomic E-state index is 12.2. The number of carbonyl (C=O) groups excluding carboxylic acids is 1. The number of amides is 1. The van der Waals surface area contributed by atoms with Gasteiger partial charge in [0.05, 0.1) is 23.7 Å². The standard InChI is InChI=1S/C13H19N3O4S/c1-8(13(17)15-9-3-4-9)16-21(18,19)10-5-6-12(20-2)11(14)7-10/h5-9,16H,3-4,14H2,1-2H3,(H,15,17). The van der Waals surface area contributed by atoms with Crippen LogP contribution >= 0.6 is 0 Å². The fourth-order valence-electron chi connectivity index (χ4n) is 1.79. The molecule has 1 fully saturated rings. The van der Waals surface area contributed by atoms with E-state index >= 15 is 0 Å². The predicted octanol–water partition coefficient (Wildman–Crippen LogP) is 0.223. The van der Waals surface area contributed by atoms with Gasteiger partial charge in [0, 0.05) is 6.04 Å². The van der Waals surface area contributed by atoms with Crippen LogP contribution in [0.25, 0.3) is 0 Å². The Hall–Kier alpha value is -1.80. The van der Waals surface area contributed by atoms with E-state index in [0.717, 1.165) is 12.8 Å². The number of benzene rings is 1. The van der Waals surface area contributed by atoms with Gasteiger partial charge >= 0.3 is 0 Å². The highest BCUT2D eigenvalue weighted by molar-refractivity contribution is 7.89.